The van der Waals surface area contributed by atoms with Crippen molar-refractivity contribution in [1.82, 2.24) is 21.0 Å². The predicted octanol–water partition coefficient (Wildman–Crippen LogP) is 2.14. The second-order valence-electron chi connectivity index (χ2n) is 5.61. The number of hydrazine groups is 1. The molecular formula is C19H18N4O4. The van der Waals surface area contributed by atoms with Gasteiger partial charge in [0, 0.05) is 11.1 Å². The van der Waals surface area contributed by atoms with E-state index >= 15 is 0 Å². The number of hydrogen-bond acceptors (Lipinski definition) is 6. The third kappa shape index (κ3) is 4.91. The smallest absolute Gasteiger partial charge is 0.276 e. The Morgan fingerprint density at radius 3 is 2.41 bits per heavy atom. The Morgan fingerprint density at radius 1 is 1.04 bits per heavy atom. The lowest BCUT2D eigenvalue weighted by Gasteiger charge is -2.09. The third-order valence-electron chi connectivity index (χ3n) is 3.77. The SMILES string of the molecule is CCc1ccc(OCC(=O)NNC(=O)c2ccc(-c3nnco3)cc2)cc1. The molecule has 0 unspecified atom stereocenters. The highest BCUT2D eigenvalue weighted by molar-refractivity contribution is 5.95. The summed E-state index contributed by atoms with van der Waals surface area (Å²) in [6.45, 7) is 1.85. The Labute approximate surface area is 155 Å². The monoisotopic (exact) mass is 366 g/mol. The zero-order valence-corrected chi connectivity index (χ0v) is 14.6. The molecule has 1 aromatic heterocycles. The van der Waals surface area contributed by atoms with Crippen molar-refractivity contribution >= 4 is 11.8 Å². The number of nitrogens with zero attached hydrogens (tertiary/aromatic N) is 2. The van der Waals surface area contributed by atoms with Gasteiger partial charge in [0.05, 0.1) is 0 Å². The molecule has 0 aliphatic rings. The molecule has 0 bridgehead atoms. The lowest BCUT2D eigenvalue weighted by molar-refractivity contribution is -0.123. The van der Waals surface area contributed by atoms with Crippen molar-refractivity contribution in [3.8, 4) is 17.2 Å². The van der Waals surface area contributed by atoms with Gasteiger partial charge in [0.15, 0.2) is 6.61 Å². The first-order chi connectivity index (χ1) is 13.2. The van der Waals surface area contributed by atoms with Gasteiger partial charge in [-0.2, -0.15) is 0 Å². The van der Waals surface area contributed by atoms with E-state index in [9.17, 15) is 9.59 Å². The third-order valence-corrected chi connectivity index (χ3v) is 3.77. The predicted molar refractivity (Wildman–Crippen MR) is 96.7 cm³/mol. The van der Waals surface area contributed by atoms with Gasteiger partial charge in [0.25, 0.3) is 11.8 Å². The van der Waals surface area contributed by atoms with Gasteiger partial charge in [-0.15, -0.1) is 10.2 Å². The molecule has 0 saturated carbocycles. The zero-order valence-electron chi connectivity index (χ0n) is 14.6. The summed E-state index contributed by atoms with van der Waals surface area (Å²) < 4.78 is 10.5. The summed E-state index contributed by atoms with van der Waals surface area (Å²) in [5.74, 6) is 0.0304. The number of aryl methyl sites for hydroxylation is 1. The molecule has 1 heterocycles. The van der Waals surface area contributed by atoms with Crippen molar-refractivity contribution in [1.29, 1.82) is 0 Å². The van der Waals surface area contributed by atoms with Gasteiger partial charge in [0.1, 0.15) is 5.75 Å². The maximum Gasteiger partial charge on any atom is 0.276 e. The average molecular weight is 366 g/mol. The van der Waals surface area contributed by atoms with Crippen molar-refractivity contribution in [3.63, 3.8) is 0 Å². The first-order valence-electron chi connectivity index (χ1n) is 8.33. The summed E-state index contributed by atoms with van der Waals surface area (Å²) in [5, 5.41) is 7.38. The number of rotatable bonds is 6. The molecule has 2 N–H and O–H groups in total. The topological polar surface area (TPSA) is 106 Å². The number of aromatic nitrogens is 2. The van der Waals surface area contributed by atoms with Crippen molar-refractivity contribution in [2.24, 2.45) is 0 Å². The van der Waals surface area contributed by atoms with Gasteiger partial charge in [-0.3, -0.25) is 20.4 Å². The molecule has 0 spiro atoms. The van der Waals surface area contributed by atoms with Crippen LogP contribution in [0, 0.1) is 0 Å². The molecular weight excluding hydrogens is 348 g/mol. The number of carbonyl (C=O) groups excluding carboxylic acids is 2. The maximum absolute atomic E-state index is 12.1. The summed E-state index contributed by atoms with van der Waals surface area (Å²) >= 11 is 0. The Kier molecular flexibility index (Phi) is 5.78. The number of hydrogen-bond donors (Lipinski definition) is 2. The van der Waals surface area contributed by atoms with Gasteiger partial charge in [-0.05, 0) is 48.4 Å². The minimum absolute atomic E-state index is 0.206. The van der Waals surface area contributed by atoms with Gasteiger partial charge >= 0.3 is 0 Å². The molecule has 2 aromatic carbocycles. The normalized spacial score (nSPS) is 10.3. The molecule has 0 aliphatic carbocycles. The van der Waals surface area contributed by atoms with E-state index in [1.54, 1.807) is 36.4 Å². The van der Waals surface area contributed by atoms with Crippen molar-refractivity contribution in [3.05, 3.63) is 66.1 Å². The van der Waals surface area contributed by atoms with Gasteiger partial charge < -0.3 is 9.15 Å². The summed E-state index contributed by atoms with van der Waals surface area (Å²) in [5.41, 5.74) is 6.89. The minimum atomic E-state index is -0.467. The van der Waals surface area contributed by atoms with Gasteiger partial charge in [0.2, 0.25) is 12.3 Å². The number of amides is 2. The number of nitrogens with one attached hydrogen (secondary N) is 2. The molecule has 0 aliphatic heterocycles. The summed E-state index contributed by atoms with van der Waals surface area (Å²) in [7, 11) is 0. The molecule has 0 radical (unpaired) electrons. The molecule has 0 fully saturated rings. The standard InChI is InChI=1S/C19H18N4O4/c1-2-13-3-9-16(10-4-13)26-11-17(24)21-22-18(25)14-5-7-15(8-6-14)19-23-20-12-27-19/h3-10,12H,2,11H2,1H3,(H,21,24)(H,22,25). The Morgan fingerprint density at radius 2 is 1.78 bits per heavy atom. The highest BCUT2D eigenvalue weighted by atomic mass is 16.5. The Balaban J connectivity index is 1.45. The van der Waals surface area contributed by atoms with Crippen LogP contribution in [-0.4, -0.2) is 28.6 Å². The molecule has 3 rings (SSSR count). The highest BCUT2D eigenvalue weighted by Crippen LogP contribution is 2.16. The maximum atomic E-state index is 12.1. The fraction of sp³-hybridized carbons (Fsp3) is 0.158. The number of carbonyl (C=O) groups is 2. The molecule has 0 atom stereocenters. The van der Waals surface area contributed by atoms with E-state index in [0.29, 0.717) is 22.8 Å². The van der Waals surface area contributed by atoms with Crippen LogP contribution in [0.3, 0.4) is 0 Å². The van der Waals surface area contributed by atoms with E-state index in [1.807, 2.05) is 12.1 Å². The molecule has 8 nitrogen and oxygen atoms in total. The van der Waals surface area contributed by atoms with E-state index in [2.05, 4.69) is 28.0 Å². The summed E-state index contributed by atoms with van der Waals surface area (Å²) in [6, 6.07) is 14.0. The molecule has 0 saturated heterocycles. The first kappa shape index (κ1) is 18.1. The van der Waals surface area contributed by atoms with E-state index < -0.39 is 11.8 Å². The lowest BCUT2D eigenvalue weighted by Crippen LogP contribution is -2.43. The molecule has 8 heteroatoms. The van der Waals surface area contributed by atoms with Gasteiger partial charge in [-0.25, -0.2) is 0 Å². The van der Waals surface area contributed by atoms with Crippen LogP contribution in [0.4, 0.5) is 0 Å². The Hall–Kier alpha value is -3.68. The van der Waals surface area contributed by atoms with Crippen molar-refractivity contribution in [2.45, 2.75) is 13.3 Å². The van der Waals surface area contributed by atoms with Crippen LogP contribution in [0.2, 0.25) is 0 Å². The van der Waals surface area contributed by atoms with E-state index in [4.69, 9.17) is 9.15 Å². The molecule has 3 aromatic rings. The van der Waals surface area contributed by atoms with E-state index in [1.165, 1.54) is 12.0 Å². The second kappa shape index (κ2) is 8.61. The largest absolute Gasteiger partial charge is 0.484 e. The first-order valence-corrected chi connectivity index (χ1v) is 8.33. The number of benzene rings is 2. The van der Waals surface area contributed by atoms with Crippen LogP contribution < -0.4 is 15.6 Å². The van der Waals surface area contributed by atoms with Crippen LogP contribution in [0.5, 0.6) is 5.75 Å². The summed E-state index contributed by atoms with van der Waals surface area (Å²) in [6.07, 6.45) is 2.16. The van der Waals surface area contributed by atoms with Gasteiger partial charge in [-0.1, -0.05) is 19.1 Å². The van der Waals surface area contributed by atoms with E-state index in [0.717, 1.165) is 6.42 Å². The quantitative estimate of drug-likeness (QED) is 0.648. The fourth-order valence-electron chi connectivity index (χ4n) is 2.27. The van der Waals surface area contributed by atoms with E-state index in [-0.39, 0.29) is 6.61 Å². The zero-order chi connectivity index (χ0) is 19.1. The van der Waals surface area contributed by atoms with Crippen LogP contribution in [0.1, 0.15) is 22.8 Å². The lowest BCUT2D eigenvalue weighted by atomic mass is 10.1. The molecule has 2 amide bonds. The van der Waals surface area contributed by atoms with Crippen LogP contribution in [0.15, 0.2) is 59.3 Å². The van der Waals surface area contributed by atoms with Crippen LogP contribution in [-0.2, 0) is 11.2 Å². The molecule has 138 valence electrons. The average Bonchev–Trinajstić information content (AvgIpc) is 3.26. The minimum Gasteiger partial charge on any atom is -0.484 e. The van der Waals surface area contributed by atoms with Crippen LogP contribution in [0.25, 0.3) is 11.5 Å². The van der Waals surface area contributed by atoms with Crippen molar-refractivity contribution < 1.29 is 18.7 Å². The second-order valence-corrected chi connectivity index (χ2v) is 5.61. The summed E-state index contributed by atoms with van der Waals surface area (Å²) in [4.78, 5) is 23.9. The molecule has 27 heavy (non-hydrogen) atoms. The highest BCUT2D eigenvalue weighted by Gasteiger charge is 2.10. The fourth-order valence-corrected chi connectivity index (χ4v) is 2.27. The Bertz CT molecular complexity index is 890. The van der Waals surface area contributed by atoms with Crippen LogP contribution >= 0.6 is 0 Å². The van der Waals surface area contributed by atoms with Crippen molar-refractivity contribution in [2.75, 3.05) is 6.61 Å². The number of ether oxygens (including phenoxy) is 1.